The van der Waals surface area contributed by atoms with Gasteiger partial charge < -0.3 is 19.9 Å². The summed E-state index contributed by atoms with van der Waals surface area (Å²) >= 11 is 31.4. The van der Waals surface area contributed by atoms with E-state index in [-0.39, 0.29) is 0 Å². The first-order valence-corrected chi connectivity index (χ1v) is 13.0. The molecule has 9 heteroatoms. The monoisotopic (exact) mass is 569 g/mol. The molecule has 2 unspecified atom stereocenters. The minimum absolute atomic E-state index is 0.290. The van der Waals surface area contributed by atoms with E-state index in [2.05, 4.69) is 10.2 Å². The van der Waals surface area contributed by atoms with Crippen molar-refractivity contribution in [2.75, 3.05) is 25.1 Å². The smallest absolute Gasteiger partial charge is 0.135 e. The fourth-order valence-corrected chi connectivity index (χ4v) is 4.74. The number of nitrogens with zero attached hydrogens (tertiary/aromatic N) is 2. The molecule has 0 saturated heterocycles. The number of alkyl halides is 1. The molecule has 1 aliphatic rings. The highest BCUT2D eigenvalue weighted by Gasteiger charge is 2.29. The Hall–Kier alpha value is -1.79. The number of rotatable bonds is 10. The zero-order valence-corrected chi connectivity index (χ0v) is 22.5. The molecular weight excluding hydrogens is 548 g/mol. The van der Waals surface area contributed by atoms with Crippen LogP contribution in [0.5, 0.6) is 0 Å². The molecule has 0 aliphatic carbocycles. The van der Waals surface area contributed by atoms with E-state index in [1.165, 1.54) is 0 Å². The van der Waals surface area contributed by atoms with Gasteiger partial charge in [-0.3, -0.25) is 0 Å². The first-order chi connectivity index (χ1) is 16.9. The van der Waals surface area contributed by atoms with E-state index in [4.69, 9.17) is 62.7 Å². The fourth-order valence-electron chi connectivity index (χ4n) is 3.68. The lowest BCUT2D eigenvalue weighted by Gasteiger charge is -2.31. The average Bonchev–Trinajstić information content (AvgIpc) is 3.31. The molecular formula is C26H24Cl5N3O. The maximum atomic E-state index is 6.98. The summed E-state index contributed by atoms with van der Waals surface area (Å²) in [7, 11) is 0. The number of halogens is 5. The van der Waals surface area contributed by atoms with Crippen LogP contribution in [0.2, 0.25) is 20.1 Å². The van der Waals surface area contributed by atoms with E-state index in [1.807, 2.05) is 71.9 Å². The van der Waals surface area contributed by atoms with Crippen LogP contribution < -0.4 is 5.32 Å². The Morgan fingerprint density at radius 2 is 1.49 bits per heavy atom. The van der Waals surface area contributed by atoms with Crippen molar-refractivity contribution < 1.29 is 4.74 Å². The first-order valence-electron chi connectivity index (χ1n) is 11.0. The number of hydrogen-bond acceptors (Lipinski definition) is 4. The normalized spacial score (nSPS) is 14.9. The minimum atomic E-state index is -0.451. The maximum Gasteiger partial charge on any atom is 0.135 e. The van der Waals surface area contributed by atoms with Crippen LogP contribution in [0.3, 0.4) is 0 Å². The molecule has 0 fully saturated rings. The van der Waals surface area contributed by atoms with Gasteiger partial charge >= 0.3 is 0 Å². The highest BCUT2D eigenvalue weighted by atomic mass is 35.5. The van der Waals surface area contributed by atoms with Gasteiger partial charge in [-0.15, -0.1) is 0 Å². The van der Waals surface area contributed by atoms with Gasteiger partial charge in [0.15, 0.2) is 0 Å². The third-order valence-electron chi connectivity index (χ3n) is 5.58. The Morgan fingerprint density at radius 3 is 2.17 bits per heavy atom. The van der Waals surface area contributed by atoms with Crippen molar-refractivity contribution in [1.29, 1.82) is 0 Å². The summed E-state index contributed by atoms with van der Waals surface area (Å²) in [5, 5.41) is 5.91. The first kappa shape index (κ1) is 26.3. The molecule has 3 aromatic rings. The Morgan fingerprint density at radius 1 is 0.829 bits per heavy atom. The highest BCUT2D eigenvalue weighted by molar-refractivity contribution is 6.35. The molecule has 0 amide bonds. The Bertz CT molecular complexity index is 1140. The fraction of sp³-hybridized carbons (Fsp3) is 0.231. The molecule has 35 heavy (non-hydrogen) atoms. The van der Waals surface area contributed by atoms with Gasteiger partial charge in [-0.25, -0.2) is 0 Å². The standard InChI is InChI=1S/C26H24Cl5N3O/c27-20-4-1-18(2-5-20)25(35-16-19-3-6-22(29)15-24(19)30)26(31)34-14-13-33(17-34)12-11-32-23-9-7-21(28)8-10-23/h1-10,13-15,25-26,32H,11-12,16-17H2. The quantitative estimate of drug-likeness (QED) is 0.196. The Kier molecular flexibility index (Phi) is 9.34. The predicted molar refractivity (Wildman–Crippen MR) is 148 cm³/mol. The SMILES string of the molecule is Clc1ccc(NCCN2C=CN(C(Cl)C(OCc3ccc(Cl)cc3Cl)c3ccc(Cl)cc3)C2)cc1. The lowest BCUT2D eigenvalue weighted by molar-refractivity contribution is 0.00698. The zero-order valence-electron chi connectivity index (χ0n) is 18.7. The molecule has 4 nitrogen and oxygen atoms in total. The lowest BCUT2D eigenvalue weighted by atomic mass is 10.1. The van der Waals surface area contributed by atoms with Crippen LogP contribution in [0, 0.1) is 0 Å². The molecule has 0 spiro atoms. The summed E-state index contributed by atoms with van der Waals surface area (Å²) in [6.45, 7) is 2.52. The van der Waals surface area contributed by atoms with Crippen LogP contribution in [0.15, 0.2) is 79.1 Å². The lowest BCUT2D eigenvalue weighted by Crippen LogP contribution is -2.36. The molecule has 1 N–H and O–H groups in total. The van der Waals surface area contributed by atoms with E-state index in [1.54, 1.807) is 12.1 Å². The summed E-state index contributed by atoms with van der Waals surface area (Å²) in [5.41, 5.74) is 2.34. The molecule has 0 aromatic heterocycles. The van der Waals surface area contributed by atoms with Crippen LogP contribution in [-0.2, 0) is 11.3 Å². The average molecular weight is 572 g/mol. The Balaban J connectivity index is 1.38. The van der Waals surface area contributed by atoms with Gasteiger partial charge in [0.25, 0.3) is 0 Å². The van der Waals surface area contributed by atoms with Crippen LogP contribution in [0.4, 0.5) is 5.69 Å². The van der Waals surface area contributed by atoms with Gasteiger partial charge in [0.1, 0.15) is 11.6 Å². The number of anilines is 1. The van der Waals surface area contributed by atoms with Crippen LogP contribution in [-0.4, -0.2) is 35.1 Å². The van der Waals surface area contributed by atoms with Crippen molar-refractivity contribution in [1.82, 2.24) is 9.80 Å². The number of ether oxygens (including phenoxy) is 1. The minimum Gasteiger partial charge on any atom is -0.383 e. The molecule has 0 saturated carbocycles. The topological polar surface area (TPSA) is 27.7 Å². The summed E-state index contributed by atoms with van der Waals surface area (Å²) in [6, 6.07) is 20.5. The van der Waals surface area contributed by atoms with Crippen molar-refractivity contribution in [3.05, 3.63) is 110 Å². The second-order valence-corrected chi connectivity index (χ2v) is 10.3. The van der Waals surface area contributed by atoms with E-state index in [9.17, 15) is 0 Å². The highest BCUT2D eigenvalue weighted by Crippen LogP contribution is 2.32. The van der Waals surface area contributed by atoms with Crippen LogP contribution in [0.1, 0.15) is 17.2 Å². The molecule has 3 aromatic carbocycles. The summed E-state index contributed by atoms with van der Waals surface area (Å²) in [5.74, 6) is 0. The molecule has 0 radical (unpaired) electrons. The number of benzene rings is 3. The van der Waals surface area contributed by atoms with Gasteiger partial charge in [0.2, 0.25) is 0 Å². The largest absolute Gasteiger partial charge is 0.383 e. The molecule has 2 atom stereocenters. The molecule has 0 bridgehead atoms. The van der Waals surface area contributed by atoms with Crippen molar-refractivity contribution in [3.8, 4) is 0 Å². The van der Waals surface area contributed by atoms with Crippen molar-refractivity contribution in [3.63, 3.8) is 0 Å². The predicted octanol–water partition coefficient (Wildman–Crippen LogP) is 8.28. The number of nitrogens with one attached hydrogen (secondary N) is 1. The Labute approximate surface area is 230 Å². The summed E-state index contributed by atoms with van der Waals surface area (Å²) in [4.78, 5) is 4.24. The molecule has 184 valence electrons. The van der Waals surface area contributed by atoms with Crippen molar-refractivity contribution in [2.45, 2.75) is 18.2 Å². The molecule has 1 aliphatic heterocycles. The van der Waals surface area contributed by atoms with E-state index >= 15 is 0 Å². The van der Waals surface area contributed by atoms with E-state index in [0.717, 1.165) is 34.9 Å². The summed E-state index contributed by atoms with van der Waals surface area (Å²) < 4.78 is 6.31. The molecule has 4 rings (SSSR count). The van der Waals surface area contributed by atoms with Gasteiger partial charge in [-0.2, -0.15) is 0 Å². The van der Waals surface area contributed by atoms with Gasteiger partial charge in [0, 0.05) is 51.3 Å². The third kappa shape index (κ3) is 7.36. The van der Waals surface area contributed by atoms with Crippen molar-refractivity contribution in [2.24, 2.45) is 0 Å². The van der Waals surface area contributed by atoms with Gasteiger partial charge in [0.05, 0.1) is 13.3 Å². The van der Waals surface area contributed by atoms with Gasteiger partial charge in [-0.05, 0) is 59.7 Å². The maximum absolute atomic E-state index is 6.98. The zero-order chi connectivity index (χ0) is 24.8. The van der Waals surface area contributed by atoms with Crippen LogP contribution >= 0.6 is 58.0 Å². The number of hydrogen-bond donors (Lipinski definition) is 1. The second-order valence-electron chi connectivity index (χ2n) is 8.09. The second kappa shape index (κ2) is 12.4. The third-order valence-corrected chi connectivity index (χ3v) is 7.16. The van der Waals surface area contributed by atoms with Gasteiger partial charge in [-0.1, -0.05) is 76.2 Å². The summed E-state index contributed by atoms with van der Waals surface area (Å²) in [6.07, 6.45) is 3.60. The van der Waals surface area contributed by atoms with E-state index < -0.39 is 11.6 Å². The van der Waals surface area contributed by atoms with Crippen LogP contribution in [0.25, 0.3) is 0 Å². The van der Waals surface area contributed by atoms with Crippen molar-refractivity contribution >= 4 is 63.7 Å². The molecule has 1 heterocycles. The van der Waals surface area contributed by atoms with E-state index in [0.29, 0.717) is 28.3 Å².